The van der Waals surface area contributed by atoms with Crippen molar-refractivity contribution in [1.29, 1.82) is 0 Å². The third-order valence-electron chi connectivity index (χ3n) is 6.38. The molecule has 1 aliphatic heterocycles. The van der Waals surface area contributed by atoms with Crippen molar-refractivity contribution in [3.63, 3.8) is 0 Å². The molecule has 0 spiro atoms. The summed E-state index contributed by atoms with van der Waals surface area (Å²) in [5.41, 5.74) is 12.2. The number of H-pyrrole nitrogens is 1. The SMILES string of the molecule is CO/N=C1\CN(c2cc3c(cc2F)c(=O)c2c(=O)[nH]sc2n3C2CC2)CC1(CN)CN. The highest BCUT2D eigenvalue weighted by atomic mass is 32.1. The number of benzene rings is 1. The number of pyridine rings is 1. The van der Waals surface area contributed by atoms with Gasteiger partial charge in [0.2, 0.25) is 5.43 Å². The van der Waals surface area contributed by atoms with E-state index in [1.807, 2.05) is 9.47 Å². The molecule has 2 aliphatic rings. The molecule has 1 aliphatic carbocycles. The monoisotopic (exact) mass is 446 g/mol. The molecule has 0 radical (unpaired) electrons. The normalized spacial score (nSPS) is 19.7. The molecule has 2 fully saturated rings. The van der Waals surface area contributed by atoms with E-state index >= 15 is 4.39 Å². The molecule has 11 heteroatoms. The van der Waals surface area contributed by atoms with Crippen LogP contribution in [0.3, 0.4) is 0 Å². The number of rotatable bonds is 5. The number of hydrogen-bond donors (Lipinski definition) is 3. The number of anilines is 1. The summed E-state index contributed by atoms with van der Waals surface area (Å²) in [5.74, 6) is -0.542. The summed E-state index contributed by atoms with van der Waals surface area (Å²) in [4.78, 5) is 32.6. The van der Waals surface area contributed by atoms with E-state index in [-0.39, 0.29) is 29.9 Å². The van der Waals surface area contributed by atoms with Crippen molar-refractivity contribution in [2.24, 2.45) is 22.0 Å². The Hall–Kier alpha value is -2.76. The minimum Gasteiger partial charge on any atom is -0.399 e. The molecular weight excluding hydrogens is 423 g/mol. The molecule has 0 amide bonds. The lowest BCUT2D eigenvalue weighted by atomic mass is 9.86. The summed E-state index contributed by atoms with van der Waals surface area (Å²) in [6.07, 6.45) is 1.90. The Kier molecular flexibility index (Phi) is 4.65. The average Bonchev–Trinajstić information content (AvgIpc) is 3.43. The highest BCUT2D eigenvalue weighted by molar-refractivity contribution is 7.12. The van der Waals surface area contributed by atoms with Gasteiger partial charge in [0, 0.05) is 31.1 Å². The van der Waals surface area contributed by atoms with Crippen LogP contribution in [-0.4, -0.2) is 47.9 Å². The Morgan fingerprint density at radius 1 is 1.32 bits per heavy atom. The highest BCUT2D eigenvalue weighted by Crippen LogP contribution is 2.41. The Bertz CT molecular complexity index is 1330. The topological polar surface area (TPSA) is 132 Å². The van der Waals surface area contributed by atoms with Crippen LogP contribution < -0.4 is 27.4 Å². The van der Waals surface area contributed by atoms with E-state index in [0.29, 0.717) is 34.8 Å². The van der Waals surface area contributed by atoms with Crippen molar-refractivity contribution in [2.75, 3.05) is 38.2 Å². The van der Waals surface area contributed by atoms with E-state index in [9.17, 15) is 9.59 Å². The van der Waals surface area contributed by atoms with E-state index in [1.54, 1.807) is 6.07 Å². The van der Waals surface area contributed by atoms with Crippen molar-refractivity contribution in [3.8, 4) is 0 Å². The number of oxime groups is 1. The predicted molar refractivity (Wildman–Crippen MR) is 120 cm³/mol. The van der Waals surface area contributed by atoms with Gasteiger partial charge in [-0.05, 0) is 36.5 Å². The fourth-order valence-electron chi connectivity index (χ4n) is 4.49. The largest absolute Gasteiger partial charge is 0.399 e. The van der Waals surface area contributed by atoms with Gasteiger partial charge < -0.3 is 25.8 Å². The number of nitrogens with zero attached hydrogens (tertiary/aromatic N) is 3. The summed E-state index contributed by atoms with van der Waals surface area (Å²) in [5, 5.41) is 4.40. The third kappa shape index (κ3) is 2.91. The van der Waals surface area contributed by atoms with Crippen LogP contribution in [0.5, 0.6) is 0 Å². The molecule has 3 heterocycles. The Morgan fingerprint density at radius 3 is 2.71 bits per heavy atom. The molecule has 5 N–H and O–H groups in total. The van der Waals surface area contributed by atoms with Gasteiger partial charge in [0.05, 0.1) is 28.9 Å². The van der Waals surface area contributed by atoms with Crippen molar-refractivity contribution >= 4 is 44.1 Å². The van der Waals surface area contributed by atoms with Crippen LogP contribution in [0.15, 0.2) is 26.9 Å². The van der Waals surface area contributed by atoms with Crippen molar-refractivity contribution in [3.05, 3.63) is 38.5 Å². The van der Waals surface area contributed by atoms with Gasteiger partial charge in [-0.1, -0.05) is 5.16 Å². The standard InChI is InChI=1S/C20H23FN6O3S/c1-30-24-15-6-26(9-20(15,7-22)8-23)14-5-13-11(4-12(14)21)17(28)16-18(29)25-31-19(16)27(13)10-2-3-10/h4-5,10H,2-3,6-9,22-23H2,1H3,(H,25,29)/b24-15+. The molecule has 1 saturated carbocycles. The summed E-state index contributed by atoms with van der Waals surface area (Å²) in [6.45, 7) is 1.21. The molecular formula is C20H23FN6O3S. The van der Waals surface area contributed by atoms with E-state index in [1.165, 1.54) is 13.2 Å². The summed E-state index contributed by atoms with van der Waals surface area (Å²) in [7, 11) is 1.45. The van der Waals surface area contributed by atoms with Crippen LogP contribution in [0.1, 0.15) is 18.9 Å². The fraction of sp³-hybridized carbons (Fsp3) is 0.450. The first-order chi connectivity index (χ1) is 14.9. The number of aromatic nitrogens is 2. The van der Waals surface area contributed by atoms with E-state index in [0.717, 1.165) is 24.4 Å². The smallest absolute Gasteiger partial charge is 0.271 e. The van der Waals surface area contributed by atoms with Crippen LogP contribution in [0, 0.1) is 11.2 Å². The number of hydrogen-bond acceptors (Lipinski definition) is 8. The van der Waals surface area contributed by atoms with Gasteiger partial charge in [-0.15, -0.1) is 0 Å². The average molecular weight is 447 g/mol. The van der Waals surface area contributed by atoms with Crippen LogP contribution >= 0.6 is 11.5 Å². The second-order valence-corrected chi connectivity index (χ2v) is 9.02. The molecule has 164 valence electrons. The van der Waals surface area contributed by atoms with Gasteiger partial charge in [-0.25, -0.2) is 4.39 Å². The number of halogens is 1. The van der Waals surface area contributed by atoms with Crippen molar-refractivity contribution in [2.45, 2.75) is 18.9 Å². The van der Waals surface area contributed by atoms with Crippen LogP contribution in [0.4, 0.5) is 10.1 Å². The zero-order valence-corrected chi connectivity index (χ0v) is 17.8. The first-order valence-corrected chi connectivity index (χ1v) is 10.9. The molecule has 2 aromatic heterocycles. The van der Waals surface area contributed by atoms with Crippen LogP contribution in [-0.2, 0) is 4.84 Å². The van der Waals surface area contributed by atoms with Gasteiger partial charge in [-0.3, -0.25) is 14.0 Å². The Morgan fingerprint density at radius 2 is 2.06 bits per heavy atom. The van der Waals surface area contributed by atoms with Crippen LogP contribution in [0.25, 0.3) is 21.1 Å². The molecule has 1 saturated heterocycles. The van der Waals surface area contributed by atoms with Gasteiger partial charge in [-0.2, -0.15) is 0 Å². The third-order valence-corrected chi connectivity index (χ3v) is 7.26. The second-order valence-electron chi connectivity index (χ2n) is 8.23. The minimum absolute atomic E-state index is 0.0949. The van der Waals surface area contributed by atoms with E-state index in [2.05, 4.69) is 9.53 Å². The molecule has 9 nitrogen and oxygen atoms in total. The molecule has 1 aromatic carbocycles. The Labute approximate surface area is 180 Å². The van der Waals surface area contributed by atoms with Gasteiger partial charge in [0.25, 0.3) is 5.56 Å². The summed E-state index contributed by atoms with van der Waals surface area (Å²) in [6, 6.07) is 3.12. The maximum Gasteiger partial charge on any atom is 0.271 e. The molecule has 31 heavy (non-hydrogen) atoms. The number of aromatic amines is 1. The lowest BCUT2D eigenvalue weighted by Crippen LogP contribution is -2.45. The minimum atomic E-state index is -0.613. The predicted octanol–water partition coefficient (Wildman–Crippen LogP) is 1.10. The molecule has 3 aromatic rings. The van der Waals surface area contributed by atoms with Gasteiger partial charge >= 0.3 is 0 Å². The summed E-state index contributed by atoms with van der Waals surface area (Å²) < 4.78 is 19.9. The number of fused-ring (bicyclic) bond motifs is 2. The maximum absolute atomic E-state index is 15.3. The van der Waals surface area contributed by atoms with Crippen LogP contribution in [0.2, 0.25) is 0 Å². The van der Waals surface area contributed by atoms with Gasteiger partial charge in [0.1, 0.15) is 23.1 Å². The number of nitrogens with two attached hydrogens (primary N) is 2. The Balaban J connectivity index is 1.73. The lowest BCUT2D eigenvalue weighted by molar-refractivity contribution is 0.208. The summed E-state index contributed by atoms with van der Waals surface area (Å²) >= 11 is 1.14. The van der Waals surface area contributed by atoms with Crippen molar-refractivity contribution < 1.29 is 9.23 Å². The molecule has 0 unspecified atom stereocenters. The van der Waals surface area contributed by atoms with Crippen molar-refractivity contribution in [1.82, 2.24) is 8.94 Å². The molecule has 5 rings (SSSR count). The first-order valence-electron chi connectivity index (χ1n) is 10.1. The molecule has 0 bridgehead atoms. The zero-order valence-electron chi connectivity index (χ0n) is 17.0. The van der Waals surface area contributed by atoms with E-state index in [4.69, 9.17) is 16.3 Å². The fourth-order valence-corrected chi connectivity index (χ4v) is 5.42. The van der Waals surface area contributed by atoms with Gasteiger partial charge in [0.15, 0.2) is 0 Å². The zero-order chi connectivity index (χ0) is 21.9. The second kappa shape index (κ2) is 7.14. The quantitative estimate of drug-likeness (QED) is 0.503. The maximum atomic E-state index is 15.3. The first kappa shape index (κ1) is 20.2. The van der Waals surface area contributed by atoms with E-state index < -0.39 is 22.2 Å². The number of nitrogens with one attached hydrogen (secondary N) is 1. The lowest BCUT2D eigenvalue weighted by Gasteiger charge is -2.26. The molecule has 0 atom stereocenters. The highest BCUT2D eigenvalue weighted by Gasteiger charge is 2.43.